The van der Waals surface area contributed by atoms with Gasteiger partial charge in [0.15, 0.2) is 0 Å². The summed E-state index contributed by atoms with van der Waals surface area (Å²) in [5.74, 6) is 0. The van der Waals surface area contributed by atoms with Crippen LogP contribution in [0.25, 0.3) is 0 Å². The Morgan fingerprint density at radius 2 is 1.93 bits per heavy atom. The first-order valence-electron chi connectivity index (χ1n) is 4.90. The van der Waals surface area contributed by atoms with E-state index in [0.29, 0.717) is 0 Å². The van der Waals surface area contributed by atoms with Crippen LogP contribution in [0.1, 0.15) is 13.8 Å². The Labute approximate surface area is 109 Å². The topological polar surface area (TPSA) is 20.3 Å². The van der Waals surface area contributed by atoms with Crippen molar-refractivity contribution in [3.63, 3.8) is 0 Å². The summed E-state index contributed by atoms with van der Waals surface area (Å²) in [4.78, 5) is 14.7. The zero-order chi connectivity index (χ0) is 11.3. The third-order valence-electron chi connectivity index (χ3n) is 2.06. The molecule has 0 saturated heterocycles. The Morgan fingerprint density at radius 1 is 1.33 bits per heavy atom. The highest BCUT2D eigenvalue weighted by Gasteiger charge is 2.12. The second kappa shape index (κ2) is 6.37. The van der Waals surface area contributed by atoms with Gasteiger partial charge in [-0.25, -0.2) is 0 Å². The quantitative estimate of drug-likeness (QED) is 0.618. The molecule has 1 rings (SSSR count). The maximum atomic E-state index is 11.8. The maximum Gasteiger partial charge on any atom is 0.286 e. The molecular formula is C11H14INOS. The zero-order valence-electron chi connectivity index (χ0n) is 8.87. The summed E-state index contributed by atoms with van der Waals surface area (Å²) in [5.41, 5.74) is 0. The molecular weight excluding hydrogens is 321 g/mol. The highest BCUT2D eigenvalue weighted by molar-refractivity contribution is 14.1. The largest absolute Gasteiger partial charge is 0.334 e. The first kappa shape index (κ1) is 12.8. The van der Waals surface area contributed by atoms with E-state index in [-0.39, 0.29) is 5.24 Å². The second-order valence-electron chi connectivity index (χ2n) is 2.97. The summed E-state index contributed by atoms with van der Waals surface area (Å²) >= 11 is 3.56. The van der Waals surface area contributed by atoms with Gasteiger partial charge >= 0.3 is 0 Å². The molecule has 0 spiro atoms. The Hall–Kier alpha value is -0.230. The van der Waals surface area contributed by atoms with Crippen LogP contribution in [0, 0.1) is 3.57 Å². The average Bonchev–Trinajstić information content (AvgIpc) is 2.23. The van der Waals surface area contributed by atoms with E-state index >= 15 is 0 Å². The van der Waals surface area contributed by atoms with Gasteiger partial charge in [-0.05, 0) is 60.3 Å². The molecule has 2 nitrogen and oxygen atoms in total. The summed E-state index contributed by atoms with van der Waals surface area (Å²) in [5, 5.41) is 0.129. The smallest absolute Gasteiger partial charge is 0.286 e. The molecule has 4 heteroatoms. The number of nitrogens with zero attached hydrogens (tertiary/aromatic N) is 1. The monoisotopic (exact) mass is 335 g/mol. The Kier molecular flexibility index (Phi) is 5.45. The van der Waals surface area contributed by atoms with Gasteiger partial charge in [0.25, 0.3) is 5.24 Å². The number of halogens is 1. The molecule has 82 valence electrons. The molecule has 0 fully saturated rings. The van der Waals surface area contributed by atoms with Crippen LogP contribution in [-0.2, 0) is 0 Å². The van der Waals surface area contributed by atoms with Gasteiger partial charge in [-0.3, -0.25) is 4.79 Å². The van der Waals surface area contributed by atoms with Crippen LogP contribution in [0.4, 0.5) is 4.79 Å². The van der Waals surface area contributed by atoms with Crippen molar-refractivity contribution in [3.8, 4) is 0 Å². The number of hydrogen-bond donors (Lipinski definition) is 0. The van der Waals surface area contributed by atoms with Crippen molar-refractivity contribution in [1.29, 1.82) is 0 Å². The number of benzene rings is 1. The van der Waals surface area contributed by atoms with Crippen molar-refractivity contribution < 1.29 is 4.79 Å². The minimum atomic E-state index is 0.129. The molecule has 0 bridgehead atoms. The first-order chi connectivity index (χ1) is 7.19. The van der Waals surface area contributed by atoms with Crippen molar-refractivity contribution in [3.05, 3.63) is 27.8 Å². The summed E-state index contributed by atoms with van der Waals surface area (Å²) in [6, 6.07) is 7.93. The number of amides is 1. The lowest BCUT2D eigenvalue weighted by Gasteiger charge is -2.17. The molecule has 0 aromatic heterocycles. The van der Waals surface area contributed by atoms with Gasteiger partial charge in [-0.2, -0.15) is 0 Å². The predicted octanol–water partition coefficient (Wildman–Crippen LogP) is 3.85. The van der Waals surface area contributed by atoms with Gasteiger partial charge in [-0.15, -0.1) is 0 Å². The fraction of sp³-hybridized carbons (Fsp3) is 0.364. The van der Waals surface area contributed by atoms with E-state index in [9.17, 15) is 4.79 Å². The molecule has 0 saturated carbocycles. The van der Waals surface area contributed by atoms with Crippen LogP contribution in [0.5, 0.6) is 0 Å². The summed E-state index contributed by atoms with van der Waals surface area (Å²) in [6.45, 7) is 5.54. The lowest BCUT2D eigenvalue weighted by molar-refractivity contribution is 0.228. The fourth-order valence-electron chi connectivity index (χ4n) is 1.17. The predicted molar refractivity (Wildman–Crippen MR) is 73.3 cm³/mol. The standard InChI is InChI=1S/C11H14INOS/c1-3-13(4-2)11(14)15-10-8-6-5-7-9(10)12/h5-8H,3-4H2,1-2H3. The minimum Gasteiger partial charge on any atom is -0.334 e. The fourth-order valence-corrected chi connectivity index (χ4v) is 2.77. The molecule has 0 aliphatic rings. The maximum absolute atomic E-state index is 11.8. The van der Waals surface area contributed by atoms with Gasteiger partial charge in [-0.1, -0.05) is 12.1 Å². The second-order valence-corrected chi connectivity index (χ2v) is 5.13. The Morgan fingerprint density at radius 3 is 2.47 bits per heavy atom. The first-order valence-corrected chi connectivity index (χ1v) is 6.79. The van der Waals surface area contributed by atoms with Crippen molar-refractivity contribution in [1.82, 2.24) is 4.90 Å². The van der Waals surface area contributed by atoms with Crippen LogP contribution in [0.15, 0.2) is 29.2 Å². The van der Waals surface area contributed by atoms with Crippen LogP contribution >= 0.6 is 34.4 Å². The highest BCUT2D eigenvalue weighted by Crippen LogP contribution is 2.26. The van der Waals surface area contributed by atoms with E-state index in [0.717, 1.165) is 21.6 Å². The van der Waals surface area contributed by atoms with E-state index < -0.39 is 0 Å². The number of rotatable bonds is 3. The Bertz CT molecular complexity index is 339. The summed E-state index contributed by atoms with van der Waals surface area (Å²) in [7, 11) is 0. The number of carbonyl (C=O) groups excluding carboxylic acids is 1. The SMILES string of the molecule is CCN(CC)C(=O)Sc1ccccc1I. The van der Waals surface area contributed by atoms with E-state index in [4.69, 9.17) is 0 Å². The van der Waals surface area contributed by atoms with Gasteiger partial charge < -0.3 is 4.90 Å². The van der Waals surface area contributed by atoms with Crippen LogP contribution in [0.3, 0.4) is 0 Å². The molecule has 1 aromatic carbocycles. The summed E-state index contributed by atoms with van der Waals surface area (Å²) in [6.07, 6.45) is 0. The summed E-state index contributed by atoms with van der Waals surface area (Å²) < 4.78 is 1.13. The van der Waals surface area contributed by atoms with Crippen LogP contribution < -0.4 is 0 Å². The van der Waals surface area contributed by atoms with Crippen molar-refractivity contribution >= 4 is 39.6 Å². The average molecular weight is 335 g/mol. The molecule has 0 heterocycles. The van der Waals surface area contributed by atoms with Crippen molar-refractivity contribution in [2.24, 2.45) is 0 Å². The molecule has 0 radical (unpaired) electrons. The van der Waals surface area contributed by atoms with Crippen molar-refractivity contribution in [2.45, 2.75) is 18.7 Å². The molecule has 0 unspecified atom stereocenters. The normalized spacial score (nSPS) is 10.1. The van der Waals surface area contributed by atoms with Gasteiger partial charge in [0.1, 0.15) is 0 Å². The van der Waals surface area contributed by atoms with Gasteiger partial charge in [0, 0.05) is 21.6 Å². The van der Waals surface area contributed by atoms with E-state index in [1.807, 2.05) is 43.0 Å². The lowest BCUT2D eigenvalue weighted by atomic mass is 10.4. The molecule has 0 aliphatic heterocycles. The third-order valence-corrected chi connectivity index (χ3v) is 4.37. The van der Waals surface area contributed by atoms with Crippen LogP contribution in [-0.4, -0.2) is 23.2 Å². The van der Waals surface area contributed by atoms with Crippen molar-refractivity contribution in [2.75, 3.05) is 13.1 Å². The lowest BCUT2D eigenvalue weighted by Crippen LogP contribution is -2.26. The molecule has 15 heavy (non-hydrogen) atoms. The number of hydrogen-bond acceptors (Lipinski definition) is 2. The van der Waals surface area contributed by atoms with Gasteiger partial charge in [0.2, 0.25) is 0 Å². The highest BCUT2D eigenvalue weighted by atomic mass is 127. The van der Waals surface area contributed by atoms with E-state index in [1.165, 1.54) is 11.8 Å². The molecule has 0 N–H and O–H groups in total. The van der Waals surface area contributed by atoms with Gasteiger partial charge in [0.05, 0.1) is 0 Å². The van der Waals surface area contributed by atoms with E-state index in [2.05, 4.69) is 22.6 Å². The molecule has 0 aliphatic carbocycles. The number of thioether (sulfide) groups is 1. The van der Waals surface area contributed by atoms with Crippen LogP contribution in [0.2, 0.25) is 0 Å². The molecule has 1 aromatic rings. The number of carbonyl (C=O) groups is 1. The third kappa shape index (κ3) is 3.68. The minimum absolute atomic E-state index is 0.129. The molecule has 0 atom stereocenters. The Balaban J connectivity index is 2.70. The van der Waals surface area contributed by atoms with E-state index in [1.54, 1.807) is 0 Å². The zero-order valence-corrected chi connectivity index (χ0v) is 11.8. The molecule has 1 amide bonds.